The molecule has 5 fully saturated rings. The molecule has 3 atom stereocenters. The number of likely N-dealkylation sites (tertiary alicyclic amines) is 3. The largest absolute Gasteiger partial charge is 0.465 e. The summed E-state index contributed by atoms with van der Waals surface area (Å²) in [5, 5.41) is 12.1. The van der Waals surface area contributed by atoms with Crippen molar-refractivity contribution in [3.63, 3.8) is 0 Å². The van der Waals surface area contributed by atoms with E-state index in [0.29, 0.717) is 23.3 Å². The molecule has 0 bridgehead atoms. The van der Waals surface area contributed by atoms with Crippen LogP contribution in [0.5, 0.6) is 0 Å². The van der Waals surface area contributed by atoms with E-state index in [-0.39, 0.29) is 42.2 Å². The summed E-state index contributed by atoms with van der Waals surface area (Å²) in [5.74, 6) is 0.568. The monoisotopic (exact) mass is 764 g/mol. The zero-order valence-corrected chi connectivity index (χ0v) is 32.6. The van der Waals surface area contributed by atoms with Crippen LogP contribution in [0.4, 0.5) is 14.9 Å². The molecule has 7 rings (SSSR count). The van der Waals surface area contributed by atoms with Crippen molar-refractivity contribution in [3.05, 3.63) is 72.1 Å². The van der Waals surface area contributed by atoms with Gasteiger partial charge in [0.05, 0.1) is 4.90 Å². The van der Waals surface area contributed by atoms with Crippen LogP contribution in [0.25, 0.3) is 0 Å². The van der Waals surface area contributed by atoms with Gasteiger partial charge in [-0.05, 0) is 126 Å². The predicted molar refractivity (Wildman–Crippen MR) is 208 cm³/mol. The number of nitrogens with one attached hydrogen (secondary N) is 1. The third-order valence-corrected chi connectivity index (χ3v) is 15.0. The van der Waals surface area contributed by atoms with Gasteiger partial charge in [0.1, 0.15) is 11.1 Å². The van der Waals surface area contributed by atoms with Crippen LogP contribution in [-0.4, -0.2) is 143 Å². The zero-order chi connectivity index (χ0) is 38.0. The first-order valence-corrected chi connectivity index (χ1v) is 21.4. The number of benzene rings is 2. The van der Waals surface area contributed by atoms with Crippen molar-refractivity contribution < 1.29 is 27.5 Å². The van der Waals surface area contributed by atoms with E-state index in [1.165, 1.54) is 18.6 Å². The highest BCUT2D eigenvalue weighted by molar-refractivity contribution is 7.92. The first-order chi connectivity index (χ1) is 25.9. The lowest BCUT2D eigenvalue weighted by molar-refractivity contribution is -0.129. The van der Waals surface area contributed by atoms with E-state index in [2.05, 4.69) is 26.1 Å². The summed E-state index contributed by atoms with van der Waals surface area (Å²) in [4.78, 5) is 35.5. The second-order valence-electron chi connectivity index (χ2n) is 16.7. The van der Waals surface area contributed by atoms with Gasteiger partial charge in [0.15, 0.2) is 9.84 Å². The lowest BCUT2D eigenvalue weighted by atomic mass is 9.57. The van der Waals surface area contributed by atoms with E-state index in [1.807, 2.05) is 37.2 Å². The summed E-state index contributed by atoms with van der Waals surface area (Å²) < 4.78 is 41.5. The van der Waals surface area contributed by atoms with Gasteiger partial charge in [-0.1, -0.05) is 24.6 Å². The van der Waals surface area contributed by atoms with E-state index in [1.54, 1.807) is 29.2 Å². The van der Waals surface area contributed by atoms with Crippen LogP contribution in [0.3, 0.4) is 0 Å². The smallest absolute Gasteiger partial charge is 0.404 e. The lowest BCUT2D eigenvalue weighted by Gasteiger charge is -2.54. The van der Waals surface area contributed by atoms with Gasteiger partial charge in [-0.3, -0.25) is 4.79 Å². The Hall–Kier alpha value is -3.52. The van der Waals surface area contributed by atoms with E-state index in [9.17, 15) is 27.5 Å². The third-order valence-electron chi connectivity index (χ3n) is 12.9. The molecule has 0 spiro atoms. The molecular formula is C41H57FN6O5S. The van der Waals surface area contributed by atoms with Crippen LogP contribution in [0.2, 0.25) is 0 Å². The lowest BCUT2D eigenvalue weighted by Crippen LogP contribution is -2.60. The Morgan fingerprint density at radius 1 is 0.944 bits per heavy atom. The second-order valence-corrected chi connectivity index (χ2v) is 18.9. The predicted octanol–water partition coefficient (Wildman–Crippen LogP) is 4.16. The number of piperidine rings is 1. The number of nitrogens with zero attached hydrogens (tertiary/aromatic N) is 5. The Balaban J connectivity index is 0.940. The van der Waals surface area contributed by atoms with Crippen LogP contribution in [0.15, 0.2) is 65.6 Å². The number of carbonyl (C=O) groups excluding carboxylic acids is 1. The fourth-order valence-electron chi connectivity index (χ4n) is 9.90. The highest BCUT2D eigenvalue weighted by atomic mass is 32.2. The Labute approximate surface area is 320 Å². The number of hydrogen-bond donors (Lipinski definition) is 2. The van der Waals surface area contributed by atoms with Gasteiger partial charge in [0, 0.05) is 75.0 Å². The summed E-state index contributed by atoms with van der Waals surface area (Å²) in [6, 6.07) is 14.2. The summed E-state index contributed by atoms with van der Waals surface area (Å²) >= 11 is 0. The molecule has 5 aliphatic rings. The molecule has 1 unspecified atom stereocenters. The van der Waals surface area contributed by atoms with Crippen molar-refractivity contribution in [2.24, 2.45) is 17.8 Å². The first kappa shape index (κ1) is 38.7. The fourth-order valence-corrected chi connectivity index (χ4v) is 11.6. The van der Waals surface area contributed by atoms with Gasteiger partial charge in [-0.15, -0.1) is 0 Å². The summed E-state index contributed by atoms with van der Waals surface area (Å²) in [5.41, 5.74) is 1.72. The minimum absolute atomic E-state index is 0.113. The minimum atomic E-state index is -3.52. The third kappa shape index (κ3) is 8.20. The average molecular weight is 765 g/mol. The molecule has 4 heterocycles. The second kappa shape index (κ2) is 16.3. The molecule has 1 saturated carbocycles. The van der Waals surface area contributed by atoms with E-state index < -0.39 is 21.2 Å². The molecule has 294 valence electrons. The molecular weight excluding hydrogens is 708 g/mol. The van der Waals surface area contributed by atoms with Gasteiger partial charge in [0.25, 0.3) is 0 Å². The van der Waals surface area contributed by atoms with Crippen molar-refractivity contribution in [1.29, 1.82) is 0 Å². The van der Waals surface area contributed by atoms with Crippen LogP contribution in [-0.2, 0) is 20.0 Å². The SMILES string of the molecule is CN(C)C/C=C/C(=O)N1CC(S(=O)(=O)c2ccc(N3CC(CN4CCC(C(CN5CCC5)(c5cccc(F)c5)[C@H]5CCC[C@@H]5NC(=O)O)CC4)C3)cc2)C1. The Kier molecular flexibility index (Phi) is 11.7. The topological polar surface area (TPSA) is 117 Å². The van der Waals surface area contributed by atoms with Gasteiger partial charge in [-0.25, -0.2) is 17.6 Å². The minimum Gasteiger partial charge on any atom is -0.465 e. The van der Waals surface area contributed by atoms with Crippen molar-refractivity contribution in [2.75, 3.05) is 91.0 Å². The van der Waals surface area contributed by atoms with Gasteiger partial charge in [0.2, 0.25) is 5.91 Å². The molecule has 2 amide bonds. The van der Waals surface area contributed by atoms with Crippen molar-refractivity contribution in [3.8, 4) is 0 Å². The maximum Gasteiger partial charge on any atom is 0.404 e. The molecule has 4 aliphatic heterocycles. The highest BCUT2D eigenvalue weighted by Crippen LogP contribution is 2.51. The van der Waals surface area contributed by atoms with Crippen molar-refractivity contribution >= 4 is 27.5 Å². The number of halogens is 1. The normalized spacial score (nSPS) is 24.7. The number of rotatable bonds is 14. The first-order valence-electron chi connectivity index (χ1n) is 19.8. The van der Waals surface area contributed by atoms with Gasteiger partial charge in [-0.2, -0.15) is 0 Å². The van der Waals surface area contributed by atoms with E-state index >= 15 is 0 Å². The van der Waals surface area contributed by atoms with Crippen LogP contribution >= 0.6 is 0 Å². The molecule has 0 aromatic heterocycles. The van der Waals surface area contributed by atoms with E-state index in [4.69, 9.17) is 0 Å². The quantitative estimate of drug-likeness (QED) is 0.274. The van der Waals surface area contributed by atoms with Crippen molar-refractivity contribution in [1.82, 2.24) is 24.9 Å². The number of amides is 2. The fraction of sp³-hybridized carbons (Fsp3) is 0.610. The molecule has 0 radical (unpaired) electrons. The molecule has 2 N–H and O–H groups in total. The maximum absolute atomic E-state index is 14.9. The van der Waals surface area contributed by atoms with Gasteiger partial charge >= 0.3 is 6.09 Å². The summed E-state index contributed by atoms with van der Waals surface area (Å²) in [7, 11) is 0.326. The highest BCUT2D eigenvalue weighted by Gasteiger charge is 2.53. The maximum atomic E-state index is 14.9. The molecule has 2 aromatic carbocycles. The number of carboxylic acid groups (broad SMARTS) is 1. The van der Waals surface area contributed by atoms with E-state index in [0.717, 1.165) is 95.7 Å². The van der Waals surface area contributed by atoms with Crippen LogP contribution < -0.4 is 10.2 Å². The summed E-state index contributed by atoms with van der Waals surface area (Å²) in [6.07, 6.45) is 8.21. The molecule has 11 nitrogen and oxygen atoms in total. The Morgan fingerprint density at radius 3 is 2.30 bits per heavy atom. The number of anilines is 1. The average Bonchev–Trinajstić information content (AvgIpc) is 3.53. The Bertz CT molecular complexity index is 1770. The molecule has 2 aromatic rings. The van der Waals surface area contributed by atoms with Crippen LogP contribution in [0.1, 0.15) is 44.1 Å². The zero-order valence-electron chi connectivity index (χ0n) is 31.8. The summed E-state index contributed by atoms with van der Waals surface area (Å²) in [6.45, 7) is 8.76. The van der Waals surface area contributed by atoms with Gasteiger partial charge < -0.3 is 34.9 Å². The molecule has 54 heavy (non-hydrogen) atoms. The number of carbonyl (C=O) groups is 2. The molecule has 4 saturated heterocycles. The number of likely N-dealkylation sites (N-methyl/N-ethyl adjacent to an activating group) is 1. The molecule has 1 aliphatic carbocycles. The van der Waals surface area contributed by atoms with Crippen LogP contribution in [0, 0.1) is 23.6 Å². The number of sulfone groups is 1. The van der Waals surface area contributed by atoms with Crippen molar-refractivity contribution in [2.45, 2.75) is 60.1 Å². The Morgan fingerprint density at radius 2 is 1.67 bits per heavy atom. The molecule has 13 heteroatoms. The standard InChI is InChI=1S/C41H57FN6O5S/c1-44(2)18-5-11-39(49)48-27-36(28-48)54(52,53)35-14-12-34(13-15-35)47-25-30(26-47)24-45-21-16-31(17-22-45)41(29-46-19-6-20-46,32-7-3-8-33(42)23-32)37-9-4-10-38(37)43-40(50)51/h3,5,7-8,11-15,23,30-31,36-38,43H,4,6,9-10,16-22,24-29H2,1-2H3,(H,50,51)/b11-5+/t37-,38-,41?/m0/s1. The number of hydrogen-bond acceptors (Lipinski definition) is 8.